The van der Waals surface area contributed by atoms with Gasteiger partial charge in [0.2, 0.25) is 10.0 Å². The van der Waals surface area contributed by atoms with Crippen molar-refractivity contribution in [3.8, 4) is 0 Å². The van der Waals surface area contributed by atoms with Crippen molar-refractivity contribution < 1.29 is 12.8 Å². The average Bonchev–Trinajstić information content (AvgIpc) is 2.72. The van der Waals surface area contributed by atoms with E-state index in [1.165, 1.54) is 12.1 Å². The summed E-state index contributed by atoms with van der Waals surface area (Å²) in [5.74, 6) is -0.433. The van der Waals surface area contributed by atoms with E-state index in [0.717, 1.165) is 5.69 Å². The number of benzene rings is 1. The average molecular weight is 311 g/mol. The van der Waals surface area contributed by atoms with Crippen molar-refractivity contribution in [3.05, 3.63) is 47.0 Å². The molecule has 0 aliphatic heterocycles. The van der Waals surface area contributed by atoms with E-state index >= 15 is 0 Å². The third-order valence-corrected chi connectivity index (χ3v) is 4.90. The predicted octanol–water partition coefficient (Wildman–Crippen LogP) is 1.70. The molecule has 0 aliphatic rings. The maximum atomic E-state index is 13.2. The molecule has 1 aromatic heterocycles. The Hall–Kier alpha value is -1.73. The van der Waals surface area contributed by atoms with Gasteiger partial charge in [-0.1, -0.05) is 0 Å². The molecule has 0 aliphatic carbocycles. The smallest absolute Gasteiger partial charge is 0.241 e. The minimum atomic E-state index is -3.65. The zero-order valence-corrected chi connectivity index (χ0v) is 13.0. The van der Waals surface area contributed by atoms with E-state index in [1.54, 1.807) is 31.8 Å². The van der Waals surface area contributed by atoms with Crippen molar-refractivity contribution in [2.45, 2.75) is 25.2 Å². The van der Waals surface area contributed by atoms with Gasteiger partial charge in [-0.3, -0.25) is 4.68 Å². The summed E-state index contributed by atoms with van der Waals surface area (Å²) >= 11 is 0. The Morgan fingerprint density at radius 3 is 2.43 bits per heavy atom. The topological polar surface area (TPSA) is 64.0 Å². The maximum Gasteiger partial charge on any atom is 0.241 e. The first kappa shape index (κ1) is 15.7. The number of aryl methyl sites for hydroxylation is 3. The Labute approximate surface area is 123 Å². The van der Waals surface area contributed by atoms with Crippen LogP contribution in [0.5, 0.6) is 0 Å². The standard InChI is InChI=1S/C14H18FN3O2S/c1-10-8-12(15)9-11(2)14(10)21(19,20)16-6-4-13-5-7-18(3)17-13/h5,7-9,16H,4,6H2,1-3H3. The zero-order valence-electron chi connectivity index (χ0n) is 12.2. The molecule has 0 saturated heterocycles. The van der Waals surface area contributed by atoms with Crippen LogP contribution in [-0.2, 0) is 23.5 Å². The van der Waals surface area contributed by atoms with E-state index in [1.807, 2.05) is 6.07 Å². The second-order valence-electron chi connectivity index (χ2n) is 5.00. The Balaban J connectivity index is 2.12. The fourth-order valence-electron chi connectivity index (χ4n) is 2.30. The fourth-order valence-corrected chi connectivity index (χ4v) is 3.78. The van der Waals surface area contributed by atoms with Crippen LogP contribution in [0.2, 0.25) is 0 Å². The van der Waals surface area contributed by atoms with Crippen LogP contribution in [-0.4, -0.2) is 24.7 Å². The van der Waals surface area contributed by atoms with Gasteiger partial charge < -0.3 is 0 Å². The molecular formula is C14H18FN3O2S. The molecule has 0 atom stereocenters. The van der Waals surface area contributed by atoms with Crippen LogP contribution < -0.4 is 4.72 Å². The number of aromatic nitrogens is 2. The SMILES string of the molecule is Cc1cc(F)cc(C)c1S(=O)(=O)NCCc1ccn(C)n1. The maximum absolute atomic E-state index is 13.2. The highest BCUT2D eigenvalue weighted by molar-refractivity contribution is 7.89. The lowest BCUT2D eigenvalue weighted by molar-refractivity contribution is 0.578. The summed E-state index contributed by atoms with van der Waals surface area (Å²) in [6, 6.07) is 4.28. The van der Waals surface area contributed by atoms with Gasteiger partial charge in [0, 0.05) is 26.2 Å². The summed E-state index contributed by atoms with van der Waals surface area (Å²) < 4.78 is 42.1. The molecule has 0 bridgehead atoms. The van der Waals surface area contributed by atoms with E-state index in [-0.39, 0.29) is 11.4 Å². The molecule has 0 fully saturated rings. The first-order valence-electron chi connectivity index (χ1n) is 6.54. The Kier molecular flexibility index (Phi) is 4.43. The molecule has 1 N–H and O–H groups in total. The van der Waals surface area contributed by atoms with E-state index in [0.29, 0.717) is 17.5 Å². The Morgan fingerprint density at radius 1 is 1.29 bits per heavy atom. The minimum Gasteiger partial charge on any atom is -0.276 e. The van der Waals surface area contributed by atoms with Gasteiger partial charge in [-0.2, -0.15) is 5.10 Å². The van der Waals surface area contributed by atoms with Crippen LogP contribution in [0.4, 0.5) is 4.39 Å². The number of nitrogens with one attached hydrogen (secondary N) is 1. The van der Waals surface area contributed by atoms with Gasteiger partial charge in [0.15, 0.2) is 0 Å². The van der Waals surface area contributed by atoms with Gasteiger partial charge in [-0.25, -0.2) is 17.5 Å². The van der Waals surface area contributed by atoms with Crippen molar-refractivity contribution in [1.82, 2.24) is 14.5 Å². The van der Waals surface area contributed by atoms with Crippen LogP contribution in [0.25, 0.3) is 0 Å². The fraction of sp³-hybridized carbons (Fsp3) is 0.357. The number of sulfonamides is 1. The molecular weight excluding hydrogens is 293 g/mol. The third kappa shape index (κ3) is 3.68. The number of hydrogen-bond donors (Lipinski definition) is 1. The molecule has 2 aromatic rings. The van der Waals surface area contributed by atoms with Crippen LogP contribution in [0.1, 0.15) is 16.8 Å². The zero-order chi connectivity index (χ0) is 15.6. The van der Waals surface area contributed by atoms with Gasteiger partial charge in [0.05, 0.1) is 10.6 Å². The number of rotatable bonds is 5. The Bertz CT molecular complexity index is 730. The third-order valence-electron chi connectivity index (χ3n) is 3.14. The molecule has 2 rings (SSSR count). The summed E-state index contributed by atoms with van der Waals surface area (Å²) in [7, 11) is -1.85. The van der Waals surface area contributed by atoms with Crippen molar-refractivity contribution >= 4 is 10.0 Å². The predicted molar refractivity (Wildman–Crippen MR) is 78.0 cm³/mol. The van der Waals surface area contributed by atoms with Gasteiger partial charge in [-0.15, -0.1) is 0 Å². The van der Waals surface area contributed by atoms with Gasteiger partial charge in [0.1, 0.15) is 5.82 Å². The lowest BCUT2D eigenvalue weighted by Gasteiger charge is -2.12. The molecule has 114 valence electrons. The van der Waals surface area contributed by atoms with Gasteiger partial charge in [0.25, 0.3) is 0 Å². The Morgan fingerprint density at radius 2 is 1.90 bits per heavy atom. The first-order valence-corrected chi connectivity index (χ1v) is 8.03. The summed E-state index contributed by atoms with van der Waals surface area (Å²) in [4.78, 5) is 0.143. The number of hydrogen-bond acceptors (Lipinski definition) is 3. The highest BCUT2D eigenvalue weighted by Crippen LogP contribution is 2.21. The first-order chi connectivity index (χ1) is 9.79. The van der Waals surface area contributed by atoms with Crippen LogP contribution >= 0.6 is 0 Å². The van der Waals surface area contributed by atoms with E-state index in [4.69, 9.17) is 0 Å². The molecule has 0 radical (unpaired) electrons. The lowest BCUT2D eigenvalue weighted by Crippen LogP contribution is -2.27. The van der Waals surface area contributed by atoms with Crippen LogP contribution in [0.3, 0.4) is 0 Å². The van der Waals surface area contributed by atoms with Crippen molar-refractivity contribution in [1.29, 1.82) is 0 Å². The molecule has 5 nitrogen and oxygen atoms in total. The van der Waals surface area contributed by atoms with Crippen molar-refractivity contribution in [3.63, 3.8) is 0 Å². The molecule has 1 heterocycles. The van der Waals surface area contributed by atoms with Crippen molar-refractivity contribution in [2.24, 2.45) is 7.05 Å². The van der Waals surface area contributed by atoms with Crippen LogP contribution in [0.15, 0.2) is 29.3 Å². The highest BCUT2D eigenvalue weighted by atomic mass is 32.2. The highest BCUT2D eigenvalue weighted by Gasteiger charge is 2.19. The van der Waals surface area contributed by atoms with Crippen molar-refractivity contribution in [2.75, 3.05) is 6.54 Å². The van der Waals surface area contributed by atoms with Gasteiger partial charge in [-0.05, 0) is 43.2 Å². The molecule has 21 heavy (non-hydrogen) atoms. The van der Waals surface area contributed by atoms with Crippen LogP contribution in [0, 0.1) is 19.7 Å². The molecule has 1 aromatic carbocycles. The molecule has 0 unspecified atom stereocenters. The second-order valence-corrected chi connectivity index (χ2v) is 6.70. The number of halogens is 1. The van der Waals surface area contributed by atoms with E-state index in [9.17, 15) is 12.8 Å². The van der Waals surface area contributed by atoms with E-state index in [2.05, 4.69) is 9.82 Å². The monoisotopic (exact) mass is 311 g/mol. The largest absolute Gasteiger partial charge is 0.276 e. The quantitative estimate of drug-likeness (QED) is 0.914. The van der Waals surface area contributed by atoms with Gasteiger partial charge >= 0.3 is 0 Å². The number of nitrogens with zero attached hydrogens (tertiary/aromatic N) is 2. The summed E-state index contributed by atoms with van der Waals surface area (Å²) in [6.07, 6.45) is 2.30. The summed E-state index contributed by atoms with van der Waals surface area (Å²) in [5.41, 5.74) is 1.61. The molecule has 7 heteroatoms. The second kappa shape index (κ2) is 5.95. The molecule has 0 amide bonds. The lowest BCUT2D eigenvalue weighted by atomic mass is 10.1. The van der Waals surface area contributed by atoms with E-state index < -0.39 is 15.8 Å². The molecule has 0 saturated carbocycles. The summed E-state index contributed by atoms with van der Waals surface area (Å²) in [6.45, 7) is 3.42. The summed E-state index contributed by atoms with van der Waals surface area (Å²) in [5, 5.41) is 4.18. The molecule has 0 spiro atoms. The normalized spacial score (nSPS) is 11.8. The minimum absolute atomic E-state index is 0.143.